The minimum Gasteiger partial charge on any atom is -0.271 e. The van der Waals surface area contributed by atoms with Crippen LogP contribution in [0.3, 0.4) is 0 Å². The van der Waals surface area contributed by atoms with Crippen LogP contribution in [0.5, 0.6) is 0 Å². The van der Waals surface area contributed by atoms with E-state index in [1.807, 2.05) is 12.4 Å². The van der Waals surface area contributed by atoms with Crippen LogP contribution in [-0.2, 0) is 6.42 Å². The minimum absolute atomic E-state index is 0.371. The molecule has 1 aromatic heterocycles. The highest BCUT2D eigenvalue weighted by Crippen LogP contribution is 2.33. The van der Waals surface area contributed by atoms with E-state index in [1.54, 1.807) is 0 Å². The summed E-state index contributed by atoms with van der Waals surface area (Å²) in [7, 11) is 0. The molecule has 0 aromatic carbocycles. The average Bonchev–Trinajstić information content (AvgIpc) is 2.73. The molecule has 3 N–H and O–H groups in total. The van der Waals surface area contributed by atoms with Gasteiger partial charge in [-0.25, -0.2) is 0 Å². The number of hydrogen-bond donors (Lipinski definition) is 2. The zero-order chi connectivity index (χ0) is 12.3. The second kappa shape index (κ2) is 5.94. The van der Waals surface area contributed by atoms with Crippen LogP contribution >= 0.6 is 15.9 Å². The van der Waals surface area contributed by atoms with Crippen molar-refractivity contribution in [2.45, 2.75) is 38.6 Å². The highest BCUT2D eigenvalue weighted by Gasteiger charge is 2.28. The van der Waals surface area contributed by atoms with Crippen molar-refractivity contribution < 1.29 is 0 Å². The number of hydrazine groups is 1. The third kappa shape index (κ3) is 3.50. The highest BCUT2D eigenvalue weighted by molar-refractivity contribution is 9.10. The normalized spacial score (nSPS) is 26.1. The van der Waals surface area contributed by atoms with Gasteiger partial charge in [-0.05, 0) is 58.7 Å². The summed E-state index contributed by atoms with van der Waals surface area (Å²) in [5, 5.41) is 0. The highest BCUT2D eigenvalue weighted by atomic mass is 79.9. The molecule has 1 heterocycles. The Kier molecular flexibility index (Phi) is 4.54. The van der Waals surface area contributed by atoms with Crippen molar-refractivity contribution in [1.29, 1.82) is 0 Å². The lowest BCUT2D eigenvalue weighted by Gasteiger charge is -2.22. The van der Waals surface area contributed by atoms with Crippen molar-refractivity contribution in [3.63, 3.8) is 0 Å². The minimum atomic E-state index is 0.371. The molecule has 1 aromatic rings. The molecule has 1 fully saturated rings. The van der Waals surface area contributed by atoms with Crippen LogP contribution in [0, 0.1) is 11.8 Å². The van der Waals surface area contributed by atoms with E-state index in [-0.39, 0.29) is 0 Å². The number of nitrogens with one attached hydrogen (secondary N) is 1. The second-order valence-electron chi connectivity index (χ2n) is 5.17. The Hall–Kier alpha value is -0.450. The number of hydrogen-bond acceptors (Lipinski definition) is 3. The van der Waals surface area contributed by atoms with E-state index in [0.29, 0.717) is 12.0 Å². The first-order valence-electron chi connectivity index (χ1n) is 6.24. The van der Waals surface area contributed by atoms with Gasteiger partial charge in [0, 0.05) is 22.9 Å². The van der Waals surface area contributed by atoms with E-state index in [4.69, 9.17) is 5.84 Å². The summed E-state index contributed by atoms with van der Waals surface area (Å²) in [5.74, 6) is 7.25. The molecule has 17 heavy (non-hydrogen) atoms. The molecule has 4 heteroatoms. The number of nitrogens with two attached hydrogens (primary N) is 1. The Morgan fingerprint density at radius 2 is 2.35 bits per heavy atom. The largest absolute Gasteiger partial charge is 0.271 e. The number of nitrogens with zero attached hydrogens (tertiary/aromatic N) is 1. The van der Waals surface area contributed by atoms with Gasteiger partial charge >= 0.3 is 0 Å². The summed E-state index contributed by atoms with van der Waals surface area (Å²) < 4.78 is 1.03. The average molecular weight is 298 g/mol. The topological polar surface area (TPSA) is 50.9 Å². The lowest BCUT2D eigenvalue weighted by atomic mass is 9.92. The molecule has 0 aliphatic heterocycles. The molecule has 3 atom stereocenters. The Balaban J connectivity index is 2.00. The quantitative estimate of drug-likeness (QED) is 0.664. The first kappa shape index (κ1) is 13.0. The fourth-order valence-electron chi connectivity index (χ4n) is 2.80. The zero-order valence-corrected chi connectivity index (χ0v) is 11.8. The first-order valence-corrected chi connectivity index (χ1v) is 7.04. The number of rotatable bonds is 4. The molecule has 0 amide bonds. The maximum absolute atomic E-state index is 5.70. The molecular formula is C13H20BrN3. The summed E-state index contributed by atoms with van der Waals surface area (Å²) in [5.41, 5.74) is 4.23. The van der Waals surface area contributed by atoms with Gasteiger partial charge in [0.1, 0.15) is 0 Å². The van der Waals surface area contributed by atoms with Crippen LogP contribution in [0.4, 0.5) is 0 Å². The van der Waals surface area contributed by atoms with Crippen LogP contribution in [0.1, 0.15) is 31.7 Å². The van der Waals surface area contributed by atoms with Crippen LogP contribution in [0.15, 0.2) is 22.9 Å². The van der Waals surface area contributed by atoms with Gasteiger partial charge in [0.15, 0.2) is 0 Å². The molecule has 3 unspecified atom stereocenters. The molecule has 1 saturated carbocycles. The molecule has 1 aliphatic carbocycles. The van der Waals surface area contributed by atoms with Crippen molar-refractivity contribution in [3.05, 3.63) is 28.5 Å². The van der Waals surface area contributed by atoms with Crippen LogP contribution in [0.25, 0.3) is 0 Å². The number of aromatic nitrogens is 1. The zero-order valence-electron chi connectivity index (χ0n) is 10.2. The molecular weight excluding hydrogens is 278 g/mol. The summed E-state index contributed by atoms with van der Waals surface area (Å²) in [4.78, 5) is 4.20. The SMILES string of the molecule is CC1CCC(C(Cc2cncc(Br)c2)NN)C1. The van der Waals surface area contributed by atoms with Gasteiger partial charge in [-0.2, -0.15) is 0 Å². The Bertz CT molecular complexity index is 369. The third-order valence-corrected chi connectivity index (χ3v) is 4.17. The number of pyridine rings is 1. The third-order valence-electron chi connectivity index (χ3n) is 3.74. The summed E-state index contributed by atoms with van der Waals surface area (Å²) in [6, 6.07) is 2.49. The lowest BCUT2D eigenvalue weighted by molar-refractivity contribution is 0.352. The monoisotopic (exact) mass is 297 g/mol. The predicted octanol–water partition coefficient (Wildman–Crippen LogP) is 2.65. The van der Waals surface area contributed by atoms with Crippen molar-refractivity contribution in [2.75, 3.05) is 0 Å². The Morgan fingerprint density at radius 3 is 2.94 bits per heavy atom. The van der Waals surface area contributed by atoms with Gasteiger partial charge in [-0.15, -0.1) is 0 Å². The van der Waals surface area contributed by atoms with Gasteiger partial charge in [-0.3, -0.25) is 16.3 Å². The van der Waals surface area contributed by atoms with E-state index in [2.05, 4.69) is 39.3 Å². The maximum Gasteiger partial charge on any atom is 0.0410 e. The van der Waals surface area contributed by atoms with Crippen molar-refractivity contribution in [1.82, 2.24) is 10.4 Å². The smallest absolute Gasteiger partial charge is 0.0410 e. The molecule has 94 valence electrons. The van der Waals surface area contributed by atoms with Crippen LogP contribution < -0.4 is 11.3 Å². The van der Waals surface area contributed by atoms with Gasteiger partial charge in [0.05, 0.1) is 0 Å². The van der Waals surface area contributed by atoms with Gasteiger partial charge < -0.3 is 0 Å². The molecule has 0 radical (unpaired) electrons. The van der Waals surface area contributed by atoms with E-state index < -0.39 is 0 Å². The predicted molar refractivity (Wildman–Crippen MR) is 73.3 cm³/mol. The van der Waals surface area contributed by atoms with Crippen LogP contribution in [0.2, 0.25) is 0 Å². The number of halogens is 1. The summed E-state index contributed by atoms with van der Waals surface area (Å²) >= 11 is 3.45. The molecule has 0 bridgehead atoms. The standard InChI is InChI=1S/C13H20BrN3/c1-9-2-3-11(4-9)13(17-15)6-10-5-12(14)8-16-7-10/h5,7-9,11,13,17H,2-4,6,15H2,1H3. The fraction of sp³-hybridized carbons (Fsp3) is 0.615. The maximum atomic E-state index is 5.70. The van der Waals surface area contributed by atoms with Gasteiger partial charge in [-0.1, -0.05) is 13.3 Å². The lowest BCUT2D eigenvalue weighted by Crippen LogP contribution is -2.41. The van der Waals surface area contributed by atoms with Crippen LogP contribution in [-0.4, -0.2) is 11.0 Å². The Labute approximate surface area is 111 Å². The summed E-state index contributed by atoms with van der Waals surface area (Å²) in [6.07, 6.45) is 8.60. The first-order chi connectivity index (χ1) is 8.19. The van der Waals surface area contributed by atoms with E-state index in [1.165, 1.54) is 24.8 Å². The molecule has 0 saturated heterocycles. The van der Waals surface area contributed by atoms with Crippen molar-refractivity contribution in [2.24, 2.45) is 17.7 Å². The van der Waals surface area contributed by atoms with E-state index >= 15 is 0 Å². The van der Waals surface area contributed by atoms with Crippen molar-refractivity contribution in [3.8, 4) is 0 Å². The second-order valence-corrected chi connectivity index (χ2v) is 6.08. The fourth-order valence-corrected chi connectivity index (χ4v) is 3.21. The molecule has 0 spiro atoms. The van der Waals surface area contributed by atoms with Crippen molar-refractivity contribution >= 4 is 15.9 Å². The van der Waals surface area contributed by atoms with Gasteiger partial charge in [0.2, 0.25) is 0 Å². The molecule has 2 rings (SSSR count). The molecule has 1 aliphatic rings. The molecule has 3 nitrogen and oxygen atoms in total. The summed E-state index contributed by atoms with van der Waals surface area (Å²) in [6.45, 7) is 2.33. The Morgan fingerprint density at radius 1 is 1.53 bits per heavy atom. The van der Waals surface area contributed by atoms with E-state index in [9.17, 15) is 0 Å². The van der Waals surface area contributed by atoms with Gasteiger partial charge in [0.25, 0.3) is 0 Å². The van der Waals surface area contributed by atoms with E-state index in [0.717, 1.165) is 16.8 Å².